The Morgan fingerprint density at radius 3 is 2.60 bits per heavy atom. The van der Waals surface area contributed by atoms with Crippen molar-refractivity contribution in [1.29, 1.82) is 0 Å². The van der Waals surface area contributed by atoms with E-state index in [1.54, 1.807) is 0 Å². The molecule has 0 aromatic carbocycles. The molecule has 58 valence electrons. The van der Waals surface area contributed by atoms with Crippen LogP contribution in [0.25, 0.3) is 0 Å². The summed E-state index contributed by atoms with van der Waals surface area (Å²) < 4.78 is 11.1. The van der Waals surface area contributed by atoms with Crippen molar-refractivity contribution in [1.82, 2.24) is 0 Å². The minimum absolute atomic E-state index is 0.492. The summed E-state index contributed by atoms with van der Waals surface area (Å²) in [5, 5.41) is 9.20. The maximum absolute atomic E-state index is 11.1. The summed E-state index contributed by atoms with van der Waals surface area (Å²) >= 11 is -1.99. The van der Waals surface area contributed by atoms with Gasteiger partial charge in [0, 0.05) is 0 Å². The summed E-state index contributed by atoms with van der Waals surface area (Å²) in [7, 11) is 0. The number of carbonyl (C=O) groups is 1. The number of aliphatic carboxylic acids is 1. The molecule has 1 rings (SSSR count). The third-order valence-corrected chi connectivity index (χ3v) is 5.35. The predicted octanol–water partition coefficient (Wildman–Crippen LogP) is 1.05. The second kappa shape index (κ2) is 3.26. The van der Waals surface area contributed by atoms with Gasteiger partial charge < -0.3 is 0 Å². The Morgan fingerprint density at radius 1 is 1.50 bits per heavy atom. The van der Waals surface area contributed by atoms with Gasteiger partial charge in [0.1, 0.15) is 0 Å². The predicted molar refractivity (Wildman–Crippen MR) is 36.5 cm³/mol. The SMILES string of the molecule is O=C(O)C1CCCC[Se]1=O. The van der Waals surface area contributed by atoms with Gasteiger partial charge >= 0.3 is 62.9 Å². The van der Waals surface area contributed by atoms with E-state index in [9.17, 15) is 8.63 Å². The molecule has 1 fully saturated rings. The molecule has 1 aliphatic heterocycles. The standard InChI is InChI=1S/C6H10O3Se/c7-6(8)5-3-1-2-4-10(5)9/h5H,1-4H2,(H,7,8). The average Bonchev–Trinajstić information content (AvgIpc) is 1.88. The van der Waals surface area contributed by atoms with Gasteiger partial charge in [0.15, 0.2) is 0 Å². The van der Waals surface area contributed by atoms with E-state index in [-0.39, 0.29) is 0 Å². The van der Waals surface area contributed by atoms with Crippen molar-refractivity contribution in [3.63, 3.8) is 0 Å². The molecule has 2 atom stereocenters. The third kappa shape index (κ3) is 1.64. The van der Waals surface area contributed by atoms with Crippen LogP contribution in [0.15, 0.2) is 0 Å². The van der Waals surface area contributed by atoms with Gasteiger partial charge in [-0.15, -0.1) is 0 Å². The summed E-state index contributed by atoms with van der Waals surface area (Å²) in [6, 6.07) is 0. The van der Waals surface area contributed by atoms with Crippen molar-refractivity contribution in [3.05, 3.63) is 0 Å². The molecule has 1 saturated heterocycles. The number of hydrogen-bond acceptors (Lipinski definition) is 2. The fourth-order valence-corrected chi connectivity index (χ4v) is 4.08. The summed E-state index contributed by atoms with van der Waals surface area (Å²) in [4.78, 5) is 9.90. The Morgan fingerprint density at radius 2 is 2.20 bits per heavy atom. The molecule has 0 aromatic rings. The van der Waals surface area contributed by atoms with Gasteiger partial charge in [0.05, 0.1) is 0 Å². The molecule has 10 heavy (non-hydrogen) atoms. The van der Waals surface area contributed by atoms with Crippen molar-refractivity contribution >= 4 is 19.8 Å². The molecule has 4 heteroatoms. The van der Waals surface area contributed by atoms with Crippen molar-refractivity contribution in [2.75, 3.05) is 0 Å². The zero-order chi connectivity index (χ0) is 7.56. The van der Waals surface area contributed by atoms with Gasteiger partial charge in [-0.1, -0.05) is 0 Å². The normalized spacial score (nSPS) is 33.6. The average molecular weight is 209 g/mol. The molecule has 0 aliphatic carbocycles. The Labute approximate surface area is 63.5 Å². The van der Waals surface area contributed by atoms with Gasteiger partial charge in [0.25, 0.3) is 0 Å². The van der Waals surface area contributed by atoms with Crippen LogP contribution in [0.4, 0.5) is 0 Å². The molecule has 0 amide bonds. The van der Waals surface area contributed by atoms with E-state index in [2.05, 4.69) is 0 Å². The van der Waals surface area contributed by atoms with E-state index in [1.165, 1.54) is 0 Å². The van der Waals surface area contributed by atoms with Crippen molar-refractivity contribution in [2.45, 2.75) is 29.4 Å². The van der Waals surface area contributed by atoms with E-state index in [4.69, 9.17) is 5.11 Å². The first kappa shape index (κ1) is 7.89. The third-order valence-electron chi connectivity index (χ3n) is 1.65. The van der Waals surface area contributed by atoms with Crippen molar-refractivity contribution in [3.8, 4) is 0 Å². The first-order chi connectivity index (χ1) is 4.72. The molecule has 0 radical (unpaired) electrons. The summed E-state index contributed by atoms with van der Waals surface area (Å²) in [6.45, 7) is 0. The van der Waals surface area contributed by atoms with Gasteiger partial charge in [-0.2, -0.15) is 0 Å². The van der Waals surface area contributed by atoms with Crippen LogP contribution in [-0.2, 0) is 8.63 Å². The van der Waals surface area contributed by atoms with E-state index in [0.717, 1.165) is 12.8 Å². The molecule has 0 saturated carbocycles. The minimum atomic E-state index is -1.99. The summed E-state index contributed by atoms with van der Waals surface area (Å²) in [5.74, 6) is -0.861. The second-order valence-electron chi connectivity index (χ2n) is 2.41. The molecule has 1 aliphatic rings. The fraction of sp³-hybridized carbons (Fsp3) is 0.833. The molecule has 1 N–H and O–H groups in total. The first-order valence-corrected chi connectivity index (χ1v) is 6.22. The molecular weight excluding hydrogens is 199 g/mol. The van der Waals surface area contributed by atoms with E-state index in [1.807, 2.05) is 0 Å². The first-order valence-electron chi connectivity index (χ1n) is 3.32. The summed E-state index contributed by atoms with van der Waals surface area (Å²) in [6.07, 6.45) is 2.51. The van der Waals surface area contributed by atoms with E-state index >= 15 is 0 Å². The fourth-order valence-electron chi connectivity index (χ4n) is 1.08. The topological polar surface area (TPSA) is 54.4 Å². The van der Waals surface area contributed by atoms with Crippen molar-refractivity contribution < 1.29 is 13.7 Å². The molecule has 0 aromatic heterocycles. The monoisotopic (exact) mass is 210 g/mol. The zero-order valence-electron chi connectivity index (χ0n) is 5.58. The Hall–Kier alpha value is -0.211. The molecule has 0 bridgehead atoms. The Kier molecular flexibility index (Phi) is 2.57. The maximum atomic E-state index is 11.1. The van der Waals surface area contributed by atoms with Crippen LogP contribution in [-0.4, -0.2) is 24.9 Å². The van der Waals surface area contributed by atoms with Crippen LogP contribution in [0.5, 0.6) is 0 Å². The molecular formula is C6H10O3Se. The molecule has 0 spiro atoms. The number of hydrogen-bond donors (Lipinski definition) is 1. The van der Waals surface area contributed by atoms with Gasteiger partial charge in [-0.05, 0) is 0 Å². The van der Waals surface area contributed by atoms with Crippen molar-refractivity contribution in [2.24, 2.45) is 0 Å². The number of rotatable bonds is 1. The Bertz CT molecular complexity index is 166. The number of carboxylic acid groups (broad SMARTS) is 1. The van der Waals surface area contributed by atoms with Crippen LogP contribution in [0.3, 0.4) is 0 Å². The quantitative estimate of drug-likeness (QED) is 0.656. The number of carboxylic acids is 1. The van der Waals surface area contributed by atoms with Crippen LogP contribution >= 0.6 is 0 Å². The van der Waals surface area contributed by atoms with Gasteiger partial charge in [0.2, 0.25) is 0 Å². The van der Waals surface area contributed by atoms with E-state index in [0.29, 0.717) is 11.7 Å². The Balaban J connectivity index is 2.56. The van der Waals surface area contributed by atoms with Gasteiger partial charge in [-0.3, -0.25) is 0 Å². The zero-order valence-corrected chi connectivity index (χ0v) is 7.29. The van der Waals surface area contributed by atoms with Gasteiger partial charge in [-0.25, -0.2) is 0 Å². The van der Waals surface area contributed by atoms with E-state index < -0.39 is 24.6 Å². The molecule has 1 heterocycles. The molecule has 3 nitrogen and oxygen atoms in total. The van der Waals surface area contributed by atoms with Crippen LogP contribution in [0.2, 0.25) is 10.1 Å². The van der Waals surface area contributed by atoms with Crippen LogP contribution in [0, 0.1) is 0 Å². The summed E-state index contributed by atoms with van der Waals surface area (Å²) in [5.41, 5.74) is 0. The van der Waals surface area contributed by atoms with Crippen LogP contribution < -0.4 is 0 Å². The van der Waals surface area contributed by atoms with Crippen LogP contribution in [0.1, 0.15) is 19.3 Å². The second-order valence-corrected chi connectivity index (χ2v) is 6.06. The molecule has 2 unspecified atom stereocenters.